The highest BCUT2D eigenvalue weighted by Gasteiger charge is 2.24. The number of aromatic amines is 1. The maximum Gasteiger partial charge on any atom is 0.252 e. The lowest BCUT2D eigenvalue weighted by Gasteiger charge is -2.35. The molecular formula is C16H28N4O. The van der Waals surface area contributed by atoms with Gasteiger partial charge in [-0.05, 0) is 32.2 Å². The van der Waals surface area contributed by atoms with Gasteiger partial charge < -0.3 is 15.2 Å². The third-order valence-corrected chi connectivity index (χ3v) is 4.39. The van der Waals surface area contributed by atoms with E-state index >= 15 is 0 Å². The monoisotopic (exact) mass is 292 g/mol. The normalized spacial score (nSPS) is 18.2. The Labute approximate surface area is 127 Å². The van der Waals surface area contributed by atoms with E-state index in [9.17, 15) is 4.79 Å². The van der Waals surface area contributed by atoms with Gasteiger partial charge in [0.1, 0.15) is 11.6 Å². The second-order valence-corrected chi connectivity index (χ2v) is 6.31. The Balaban J connectivity index is 2.04. The number of nitrogens with zero attached hydrogens (tertiary/aromatic N) is 2. The first kappa shape index (κ1) is 16.0. The maximum atomic E-state index is 11.8. The summed E-state index contributed by atoms with van der Waals surface area (Å²) in [6, 6.07) is 2.19. The van der Waals surface area contributed by atoms with Crippen LogP contribution in [0.15, 0.2) is 10.9 Å². The van der Waals surface area contributed by atoms with Crippen LogP contribution in [-0.2, 0) is 0 Å². The second kappa shape index (κ2) is 7.07. The van der Waals surface area contributed by atoms with E-state index in [0.29, 0.717) is 12.0 Å². The fourth-order valence-corrected chi connectivity index (χ4v) is 3.02. The van der Waals surface area contributed by atoms with E-state index in [1.54, 1.807) is 6.07 Å². The molecule has 1 fully saturated rings. The van der Waals surface area contributed by atoms with E-state index in [1.165, 1.54) is 0 Å². The van der Waals surface area contributed by atoms with Gasteiger partial charge in [0.2, 0.25) is 0 Å². The number of rotatable bonds is 5. The predicted octanol–water partition coefficient (Wildman–Crippen LogP) is 2.11. The summed E-state index contributed by atoms with van der Waals surface area (Å²) in [5, 5.41) is 3.51. The van der Waals surface area contributed by atoms with Crippen molar-refractivity contribution in [3.8, 4) is 0 Å². The number of H-pyrrole nitrogens is 1. The average Bonchev–Trinajstić information content (AvgIpc) is 2.47. The Morgan fingerprint density at radius 3 is 2.62 bits per heavy atom. The number of piperidine rings is 1. The average molecular weight is 292 g/mol. The zero-order valence-corrected chi connectivity index (χ0v) is 13.6. The quantitative estimate of drug-likeness (QED) is 0.872. The molecule has 1 aliphatic heterocycles. The molecule has 21 heavy (non-hydrogen) atoms. The van der Waals surface area contributed by atoms with Crippen LogP contribution in [0.4, 0.5) is 5.82 Å². The van der Waals surface area contributed by atoms with Crippen LogP contribution in [0.5, 0.6) is 0 Å². The van der Waals surface area contributed by atoms with Crippen molar-refractivity contribution in [3.63, 3.8) is 0 Å². The van der Waals surface area contributed by atoms with Crippen molar-refractivity contribution in [2.45, 2.75) is 52.5 Å². The molecule has 1 aromatic heterocycles. The third kappa shape index (κ3) is 4.06. The van der Waals surface area contributed by atoms with Gasteiger partial charge in [0.15, 0.2) is 0 Å². The lowest BCUT2D eigenvalue weighted by atomic mass is 9.90. The molecule has 5 heteroatoms. The molecule has 0 bridgehead atoms. The van der Waals surface area contributed by atoms with Crippen molar-refractivity contribution in [3.05, 3.63) is 22.2 Å². The van der Waals surface area contributed by atoms with Crippen LogP contribution in [0.25, 0.3) is 0 Å². The Morgan fingerprint density at radius 1 is 1.38 bits per heavy atom. The number of hydrogen-bond acceptors (Lipinski definition) is 4. The molecule has 0 aromatic carbocycles. The van der Waals surface area contributed by atoms with Crippen molar-refractivity contribution in [2.24, 2.45) is 5.92 Å². The minimum atomic E-state index is -0.0492. The zero-order valence-electron chi connectivity index (χ0n) is 13.6. The second-order valence-electron chi connectivity index (χ2n) is 6.31. The molecule has 5 nitrogen and oxygen atoms in total. The van der Waals surface area contributed by atoms with E-state index in [0.717, 1.165) is 44.1 Å². The van der Waals surface area contributed by atoms with Crippen LogP contribution in [-0.4, -0.2) is 35.6 Å². The largest absolute Gasteiger partial charge is 0.356 e. The summed E-state index contributed by atoms with van der Waals surface area (Å²) >= 11 is 0. The van der Waals surface area contributed by atoms with Crippen molar-refractivity contribution in [1.82, 2.24) is 15.3 Å². The summed E-state index contributed by atoms with van der Waals surface area (Å²) in [6.45, 7) is 11.5. The molecule has 118 valence electrons. The van der Waals surface area contributed by atoms with Crippen molar-refractivity contribution < 1.29 is 0 Å². The molecule has 2 N–H and O–H groups in total. The van der Waals surface area contributed by atoms with Crippen molar-refractivity contribution >= 4 is 5.82 Å². The Bertz CT molecular complexity index is 503. The van der Waals surface area contributed by atoms with Crippen LogP contribution in [0.3, 0.4) is 0 Å². The Kier molecular flexibility index (Phi) is 5.39. The van der Waals surface area contributed by atoms with Gasteiger partial charge in [-0.2, -0.15) is 0 Å². The molecular weight excluding hydrogens is 264 g/mol. The lowest BCUT2D eigenvalue weighted by Crippen LogP contribution is -2.42. The molecule has 0 spiro atoms. The number of anilines is 1. The molecule has 1 aromatic rings. The molecule has 1 saturated heterocycles. The van der Waals surface area contributed by atoms with Crippen LogP contribution < -0.4 is 15.8 Å². The maximum absolute atomic E-state index is 11.8. The standard InChI is InChI=1S/C16H28N4O/c1-5-17-12(4)13-6-8-20(9-7-13)14-10-15(21)19-16(18-14)11(2)3/h10-13,17H,5-9H2,1-4H3,(H,18,19,21). The highest BCUT2D eigenvalue weighted by Crippen LogP contribution is 2.24. The summed E-state index contributed by atoms with van der Waals surface area (Å²) < 4.78 is 0. The van der Waals surface area contributed by atoms with E-state index in [2.05, 4.69) is 34.0 Å². The lowest BCUT2D eigenvalue weighted by molar-refractivity contribution is 0.314. The van der Waals surface area contributed by atoms with Gasteiger partial charge in [-0.25, -0.2) is 4.98 Å². The number of aromatic nitrogens is 2. The van der Waals surface area contributed by atoms with Crippen LogP contribution >= 0.6 is 0 Å². The van der Waals surface area contributed by atoms with Crippen LogP contribution in [0.1, 0.15) is 52.3 Å². The fraction of sp³-hybridized carbons (Fsp3) is 0.750. The molecule has 1 atom stereocenters. The van der Waals surface area contributed by atoms with Gasteiger partial charge in [-0.3, -0.25) is 4.79 Å². The SMILES string of the molecule is CCNC(C)C1CCN(c2cc(=O)[nH]c(C(C)C)n2)CC1. The minimum absolute atomic E-state index is 0.0492. The minimum Gasteiger partial charge on any atom is -0.356 e. The zero-order chi connectivity index (χ0) is 15.4. The van der Waals surface area contributed by atoms with Gasteiger partial charge in [0, 0.05) is 31.1 Å². The van der Waals surface area contributed by atoms with E-state index in [1.807, 2.05) is 13.8 Å². The molecule has 2 heterocycles. The summed E-state index contributed by atoms with van der Waals surface area (Å²) in [5.41, 5.74) is -0.0492. The van der Waals surface area contributed by atoms with Gasteiger partial charge in [0.05, 0.1) is 0 Å². The Morgan fingerprint density at radius 2 is 2.05 bits per heavy atom. The molecule has 0 radical (unpaired) electrons. The molecule has 0 amide bonds. The predicted molar refractivity (Wildman–Crippen MR) is 87.0 cm³/mol. The summed E-state index contributed by atoms with van der Waals surface area (Å²) in [5.74, 6) is 2.56. The van der Waals surface area contributed by atoms with Crippen LogP contribution in [0.2, 0.25) is 0 Å². The molecule has 0 aliphatic carbocycles. The van der Waals surface area contributed by atoms with E-state index in [4.69, 9.17) is 0 Å². The number of hydrogen-bond donors (Lipinski definition) is 2. The molecule has 2 rings (SSSR count). The van der Waals surface area contributed by atoms with Gasteiger partial charge in [-0.15, -0.1) is 0 Å². The van der Waals surface area contributed by atoms with Gasteiger partial charge >= 0.3 is 0 Å². The van der Waals surface area contributed by atoms with E-state index < -0.39 is 0 Å². The van der Waals surface area contributed by atoms with Crippen molar-refractivity contribution in [2.75, 3.05) is 24.5 Å². The molecule has 0 saturated carbocycles. The van der Waals surface area contributed by atoms with E-state index in [-0.39, 0.29) is 11.5 Å². The topological polar surface area (TPSA) is 61.0 Å². The summed E-state index contributed by atoms with van der Waals surface area (Å²) in [7, 11) is 0. The fourth-order valence-electron chi connectivity index (χ4n) is 3.02. The third-order valence-electron chi connectivity index (χ3n) is 4.39. The summed E-state index contributed by atoms with van der Waals surface area (Å²) in [6.07, 6.45) is 2.30. The van der Waals surface area contributed by atoms with Crippen molar-refractivity contribution in [1.29, 1.82) is 0 Å². The highest BCUT2D eigenvalue weighted by molar-refractivity contribution is 5.38. The molecule has 1 aliphatic rings. The van der Waals surface area contributed by atoms with Crippen LogP contribution in [0, 0.1) is 5.92 Å². The van der Waals surface area contributed by atoms with Gasteiger partial charge in [0.25, 0.3) is 5.56 Å². The highest BCUT2D eigenvalue weighted by atomic mass is 16.1. The Hall–Kier alpha value is -1.36. The number of nitrogens with one attached hydrogen (secondary N) is 2. The molecule has 1 unspecified atom stereocenters. The first-order valence-corrected chi connectivity index (χ1v) is 8.10. The first-order chi connectivity index (χ1) is 10.0. The first-order valence-electron chi connectivity index (χ1n) is 8.10. The summed E-state index contributed by atoms with van der Waals surface area (Å²) in [4.78, 5) is 21.5. The smallest absolute Gasteiger partial charge is 0.252 e. The van der Waals surface area contributed by atoms with Gasteiger partial charge in [-0.1, -0.05) is 20.8 Å².